The Balaban J connectivity index is 2.06. The molecule has 2 rings (SSSR count). The predicted molar refractivity (Wildman–Crippen MR) is 62.8 cm³/mol. The van der Waals surface area contributed by atoms with Gasteiger partial charge in [0.05, 0.1) is 5.92 Å². The van der Waals surface area contributed by atoms with E-state index in [0.29, 0.717) is 12.8 Å². The zero-order valence-corrected chi connectivity index (χ0v) is 9.61. The number of allylic oxidation sites excluding steroid dienone is 1. The minimum atomic E-state index is -0.904. The lowest BCUT2D eigenvalue weighted by atomic mass is 9.89. The Morgan fingerprint density at radius 2 is 1.89 bits per heavy atom. The number of carbonyl (C=O) groups is 2. The molecule has 1 aliphatic carbocycles. The van der Waals surface area contributed by atoms with Crippen LogP contribution in [0.3, 0.4) is 0 Å². The van der Waals surface area contributed by atoms with Gasteiger partial charge in [-0.3, -0.25) is 9.59 Å². The highest BCUT2D eigenvalue weighted by molar-refractivity contribution is 5.91. The molecule has 1 heterocycles. The Kier molecular flexibility index (Phi) is 3.66. The lowest BCUT2D eigenvalue weighted by Crippen LogP contribution is -2.44. The lowest BCUT2D eigenvalue weighted by molar-refractivity contribution is -0.142. The summed E-state index contributed by atoms with van der Waals surface area (Å²) in [5, 5.41) is 11.7. The van der Waals surface area contributed by atoms with Crippen LogP contribution in [0.25, 0.3) is 0 Å². The van der Waals surface area contributed by atoms with Gasteiger partial charge in [0, 0.05) is 18.4 Å². The quantitative estimate of drug-likeness (QED) is 0.764. The average Bonchev–Trinajstić information content (AvgIpc) is 2.40. The number of aliphatic carboxylic acids is 1. The van der Waals surface area contributed by atoms with Crippen molar-refractivity contribution in [2.24, 2.45) is 5.92 Å². The van der Waals surface area contributed by atoms with Gasteiger partial charge in [-0.25, -0.2) is 9.97 Å². The molecule has 0 saturated carbocycles. The maximum atomic E-state index is 11.8. The van der Waals surface area contributed by atoms with E-state index >= 15 is 0 Å². The van der Waals surface area contributed by atoms with E-state index in [-0.39, 0.29) is 5.82 Å². The first-order valence-corrected chi connectivity index (χ1v) is 5.64. The van der Waals surface area contributed by atoms with Crippen molar-refractivity contribution in [2.45, 2.75) is 18.9 Å². The summed E-state index contributed by atoms with van der Waals surface area (Å²) in [6, 6.07) is 1.20. The van der Waals surface area contributed by atoms with Gasteiger partial charge in [-0.2, -0.15) is 0 Å². The fraction of sp³-hybridized carbons (Fsp3) is 0.333. The third-order valence-corrected chi connectivity index (χ3v) is 2.83. The SMILES string of the molecule is O=C(N[C@H]1CC=CC[C@H]1C(=O)O)c1ncccn1. The van der Waals surface area contributed by atoms with Gasteiger partial charge in [-0.15, -0.1) is 0 Å². The smallest absolute Gasteiger partial charge is 0.308 e. The molecule has 94 valence electrons. The molecule has 18 heavy (non-hydrogen) atoms. The first-order valence-electron chi connectivity index (χ1n) is 5.64. The summed E-state index contributed by atoms with van der Waals surface area (Å²) >= 11 is 0. The molecule has 0 spiro atoms. The molecule has 0 radical (unpaired) electrons. The van der Waals surface area contributed by atoms with Gasteiger partial charge in [-0.05, 0) is 18.9 Å². The number of aromatic nitrogens is 2. The minimum absolute atomic E-state index is 0.0520. The summed E-state index contributed by atoms with van der Waals surface area (Å²) in [6.07, 6.45) is 7.57. The summed E-state index contributed by atoms with van der Waals surface area (Å²) in [7, 11) is 0. The van der Waals surface area contributed by atoms with Crippen LogP contribution in [0.15, 0.2) is 30.6 Å². The van der Waals surface area contributed by atoms with Crippen LogP contribution in [0.2, 0.25) is 0 Å². The molecule has 0 aromatic carbocycles. The van der Waals surface area contributed by atoms with Crippen LogP contribution in [-0.2, 0) is 4.79 Å². The number of rotatable bonds is 3. The molecular formula is C12H13N3O3. The Morgan fingerprint density at radius 3 is 2.56 bits per heavy atom. The van der Waals surface area contributed by atoms with Crippen molar-refractivity contribution in [3.63, 3.8) is 0 Å². The van der Waals surface area contributed by atoms with E-state index in [1.165, 1.54) is 12.4 Å². The fourth-order valence-electron chi connectivity index (χ4n) is 1.90. The highest BCUT2D eigenvalue weighted by Gasteiger charge is 2.30. The van der Waals surface area contributed by atoms with E-state index in [2.05, 4.69) is 15.3 Å². The summed E-state index contributed by atoms with van der Waals surface area (Å²) in [4.78, 5) is 30.5. The number of hydrogen-bond donors (Lipinski definition) is 2. The summed E-state index contributed by atoms with van der Waals surface area (Å²) in [5.74, 6) is -1.89. The monoisotopic (exact) mass is 247 g/mol. The zero-order valence-electron chi connectivity index (χ0n) is 9.61. The molecule has 6 nitrogen and oxygen atoms in total. The first-order chi connectivity index (χ1) is 8.68. The lowest BCUT2D eigenvalue weighted by Gasteiger charge is -2.25. The third-order valence-electron chi connectivity index (χ3n) is 2.83. The minimum Gasteiger partial charge on any atom is -0.481 e. The van der Waals surface area contributed by atoms with Crippen LogP contribution in [-0.4, -0.2) is 33.0 Å². The van der Waals surface area contributed by atoms with Crippen molar-refractivity contribution in [3.8, 4) is 0 Å². The second-order valence-electron chi connectivity index (χ2n) is 4.04. The van der Waals surface area contributed by atoms with E-state index in [1.54, 1.807) is 6.07 Å². The first kappa shape index (κ1) is 12.2. The predicted octanol–water partition coefficient (Wildman–Crippen LogP) is 0.626. The average molecular weight is 247 g/mol. The maximum absolute atomic E-state index is 11.8. The van der Waals surface area contributed by atoms with Crippen molar-refractivity contribution in [1.82, 2.24) is 15.3 Å². The largest absolute Gasteiger partial charge is 0.481 e. The summed E-state index contributed by atoms with van der Waals surface area (Å²) in [6.45, 7) is 0. The van der Waals surface area contributed by atoms with Gasteiger partial charge in [-0.1, -0.05) is 12.2 Å². The second kappa shape index (κ2) is 5.39. The molecule has 1 amide bonds. The number of carboxylic acids is 1. The molecule has 1 aromatic rings. The molecule has 2 atom stereocenters. The van der Waals surface area contributed by atoms with Gasteiger partial charge in [0.1, 0.15) is 0 Å². The van der Waals surface area contributed by atoms with Gasteiger partial charge < -0.3 is 10.4 Å². The second-order valence-corrected chi connectivity index (χ2v) is 4.04. The van der Waals surface area contributed by atoms with Gasteiger partial charge >= 0.3 is 5.97 Å². The Bertz CT molecular complexity index is 473. The molecule has 0 aliphatic heterocycles. The van der Waals surface area contributed by atoms with Crippen molar-refractivity contribution in [2.75, 3.05) is 0 Å². The number of hydrogen-bond acceptors (Lipinski definition) is 4. The standard InChI is InChI=1S/C12H13N3O3/c16-11(10-13-6-3-7-14-10)15-9-5-2-1-4-8(9)12(17)18/h1-3,6-9H,4-5H2,(H,15,16)(H,17,18)/t8-,9+/m1/s1. The Morgan fingerprint density at radius 1 is 1.22 bits per heavy atom. The van der Waals surface area contributed by atoms with Gasteiger partial charge in [0.2, 0.25) is 5.82 Å². The van der Waals surface area contributed by atoms with Crippen LogP contribution in [0, 0.1) is 5.92 Å². The maximum Gasteiger partial charge on any atom is 0.308 e. The normalized spacial score (nSPS) is 22.4. The van der Waals surface area contributed by atoms with Crippen LogP contribution in [0.1, 0.15) is 23.5 Å². The highest BCUT2D eigenvalue weighted by Crippen LogP contribution is 2.19. The molecule has 1 aromatic heterocycles. The molecule has 2 N–H and O–H groups in total. The van der Waals surface area contributed by atoms with E-state index in [4.69, 9.17) is 5.11 Å². The molecule has 1 aliphatic rings. The summed E-state index contributed by atoms with van der Waals surface area (Å²) < 4.78 is 0. The molecule has 6 heteroatoms. The van der Waals surface area contributed by atoms with Crippen LogP contribution < -0.4 is 5.32 Å². The fourth-order valence-corrected chi connectivity index (χ4v) is 1.90. The highest BCUT2D eigenvalue weighted by atomic mass is 16.4. The summed E-state index contributed by atoms with van der Waals surface area (Å²) in [5.41, 5.74) is 0. The molecule has 0 bridgehead atoms. The third kappa shape index (κ3) is 2.71. The molecule has 0 fully saturated rings. The Hall–Kier alpha value is -2.24. The number of nitrogens with zero attached hydrogens (tertiary/aromatic N) is 2. The van der Waals surface area contributed by atoms with Crippen molar-refractivity contribution in [3.05, 3.63) is 36.4 Å². The van der Waals surface area contributed by atoms with E-state index in [0.717, 1.165) is 0 Å². The zero-order chi connectivity index (χ0) is 13.0. The van der Waals surface area contributed by atoms with Crippen molar-refractivity contribution >= 4 is 11.9 Å². The molecule has 0 saturated heterocycles. The van der Waals surface area contributed by atoms with Crippen LogP contribution >= 0.6 is 0 Å². The molecular weight excluding hydrogens is 234 g/mol. The number of carboxylic acid groups (broad SMARTS) is 1. The van der Waals surface area contributed by atoms with E-state index in [1.807, 2.05) is 12.2 Å². The van der Waals surface area contributed by atoms with Crippen LogP contribution in [0.4, 0.5) is 0 Å². The van der Waals surface area contributed by atoms with Gasteiger partial charge in [0.15, 0.2) is 0 Å². The number of nitrogens with one attached hydrogen (secondary N) is 1. The topological polar surface area (TPSA) is 92.2 Å². The van der Waals surface area contributed by atoms with Crippen molar-refractivity contribution in [1.29, 1.82) is 0 Å². The number of carbonyl (C=O) groups excluding carboxylic acids is 1. The number of amides is 1. The van der Waals surface area contributed by atoms with Gasteiger partial charge in [0.25, 0.3) is 5.91 Å². The molecule has 0 unspecified atom stereocenters. The van der Waals surface area contributed by atoms with Crippen molar-refractivity contribution < 1.29 is 14.7 Å². The van der Waals surface area contributed by atoms with Crippen LogP contribution in [0.5, 0.6) is 0 Å². The van der Waals surface area contributed by atoms with E-state index < -0.39 is 23.8 Å². The van der Waals surface area contributed by atoms with E-state index in [9.17, 15) is 9.59 Å². The Labute approximate surface area is 104 Å².